The van der Waals surface area contributed by atoms with Crippen LogP contribution in [-0.4, -0.2) is 10.2 Å². The Morgan fingerprint density at radius 2 is 1.50 bits per heavy atom. The van der Waals surface area contributed by atoms with Crippen molar-refractivity contribution in [2.24, 2.45) is 0 Å². The summed E-state index contributed by atoms with van der Waals surface area (Å²) in [5.74, 6) is 0. The fraction of sp³-hybridized carbons (Fsp3) is 0.333. The molecule has 0 unspecified atom stereocenters. The van der Waals surface area contributed by atoms with Crippen LogP contribution in [0.4, 0.5) is 0 Å². The van der Waals surface area contributed by atoms with Gasteiger partial charge in [-0.05, 0) is 62.9 Å². The Hall–Kier alpha value is -1.90. The second-order valence-electron chi connectivity index (χ2n) is 4.90. The predicted octanol–water partition coefficient (Wildman–Crippen LogP) is 2.98. The van der Waals surface area contributed by atoms with Crippen LogP contribution < -0.4 is 5.56 Å². The van der Waals surface area contributed by atoms with Crippen LogP contribution in [-0.2, 0) is 0 Å². The number of rotatable bonds is 1. The van der Waals surface area contributed by atoms with Crippen LogP contribution in [0.25, 0.3) is 11.3 Å². The third kappa shape index (κ3) is 1.96. The van der Waals surface area contributed by atoms with Gasteiger partial charge in [-0.3, -0.25) is 4.79 Å². The molecule has 0 bridgehead atoms. The van der Waals surface area contributed by atoms with Gasteiger partial charge >= 0.3 is 0 Å². The van der Waals surface area contributed by atoms with Gasteiger partial charge in [-0.2, -0.15) is 5.10 Å². The fourth-order valence-corrected chi connectivity index (χ4v) is 2.10. The molecule has 0 aliphatic rings. The van der Waals surface area contributed by atoms with E-state index in [-0.39, 0.29) is 5.56 Å². The summed E-state index contributed by atoms with van der Waals surface area (Å²) in [5, 5.41) is 6.77. The molecule has 2 aromatic rings. The molecule has 0 fully saturated rings. The molecule has 1 N–H and O–H groups in total. The molecular weight excluding hydrogens is 224 g/mol. The van der Waals surface area contributed by atoms with Gasteiger partial charge in [0, 0.05) is 11.1 Å². The van der Waals surface area contributed by atoms with Crippen LogP contribution in [0, 0.1) is 34.6 Å². The highest BCUT2D eigenvalue weighted by Crippen LogP contribution is 2.27. The van der Waals surface area contributed by atoms with Crippen molar-refractivity contribution in [3.63, 3.8) is 0 Å². The molecule has 1 aromatic carbocycles. The number of aryl methyl sites for hydroxylation is 3. The largest absolute Gasteiger partial charge is 0.268 e. The van der Waals surface area contributed by atoms with Crippen molar-refractivity contribution < 1.29 is 0 Å². The van der Waals surface area contributed by atoms with Gasteiger partial charge in [-0.25, -0.2) is 5.10 Å². The highest BCUT2D eigenvalue weighted by molar-refractivity contribution is 5.68. The van der Waals surface area contributed by atoms with Crippen molar-refractivity contribution in [1.29, 1.82) is 0 Å². The maximum atomic E-state index is 11.5. The van der Waals surface area contributed by atoms with Crippen molar-refractivity contribution in [3.8, 4) is 11.3 Å². The average molecular weight is 242 g/mol. The Morgan fingerprint density at radius 1 is 0.889 bits per heavy atom. The van der Waals surface area contributed by atoms with Gasteiger partial charge in [-0.15, -0.1) is 0 Å². The minimum Gasteiger partial charge on any atom is -0.268 e. The molecule has 0 radical (unpaired) electrons. The lowest BCUT2D eigenvalue weighted by atomic mass is 9.96. The van der Waals surface area contributed by atoms with E-state index in [0.717, 1.165) is 22.4 Å². The van der Waals surface area contributed by atoms with E-state index in [9.17, 15) is 4.79 Å². The molecule has 18 heavy (non-hydrogen) atoms. The SMILES string of the molecule is Cc1cc(C)c(-c2n[nH]c(=O)c(C)c2C)cc1C. The minimum atomic E-state index is -0.113. The number of nitrogens with zero attached hydrogens (tertiary/aromatic N) is 1. The first kappa shape index (κ1) is 12.6. The smallest absolute Gasteiger partial charge is 0.267 e. The zero-order valence-electron chi connectivity index (χ0n) is 11.5. The molecular formula is C15H18N2O. The molecule has 0 saturated carbocycles. The number of aromatic nitrogens is 2. The summed E-state index contributed by atoms with van der Waals surface area (Å²) in [4.78, 5) is 11.5. The van der Waals surface area contributed by atoms with E-state index in [4.69, 9.17) is 0 Å². The Labute approximate surface area is 107 Å². The maximum Gasteiger partial charge on any atom is 0.267 e. The Bertz CT molecular complexity index is 669. The first-order chi connectivity index (χ1) is 8.41. The summed E-state index contributed by atoms with van der Waals surface area (Å²) in [7, 11) is 0. The van der Waals surface area contributed by atoms with Crippen LogP contribution >= 0.6 is 0 Å². The summed E-state index contributed by atoms with van der Waals surface area (Å²) < 4.78 is 0. The van der Waals surface area contributed by atoms with E-state index in [2.05, 4.69) is 43.1 Å². The van der Waals surface area contributed by atoms with Crippen LogP contribution in [0.5, 0.6) is 0 Å². The maximum absolute atomic E-state index is 11.5. The summed E-state index contributed by atoms with van der Waals surface area (Å²) in [6.45, 7) is 10.0. The fourth-order valence-electron chi connectivity index (χ4n) is 2.10. The van der Waals surface area contributed by atoms with Crippen LogP contribution in [0.1, 0.15) is 27.8 Å². The first-order valence-corrected chi connectivity index (χ1v) is 6.06. The first-order valence-electron chi connectivity index (χ1n) is 6.06. The van der Waals surface area contributed by atoms with E-state index >= 15 is 0 Å². The second kappa shape index (κ2) is 4.41. The highest BCUT2D eigenvalue weighted by atomic mass is 16.1. The monoisotopic (exact) mass is 242 g/mol. The van der Waals surface area contributed by atoms with Gasteiger partial charge in [0.1, 0.15) is 0 Å². The topological polar surface area (TPSA) is 45.8 Å². The summed E-state index contributed by atoms with van der Waals surface area (Å²) in [6, 6.07) is 4.30. The van der Waals surface area contributed by atoms with Gasteiger partial charge in [0.15, 0.2) is 0 Å². The molecule has 0 aliphatic heterocycles. The van der Waals surface area contributed by atoms with Crippen molar-refractivity contribution in [3.05, 3.63) is 50.3 Å². The van der Waals surface area contributed by atoms with E-state index in [1.165, 1.54) is 16.7 Å². The minimum absolute atomic E-state index is 0.113. The van der Waals surface area contributed by atoms with Gasteiger partial charge in [-0.1, -0.05) is 6.07 Å². The van der Waals surface area contributed by atoms with Crippen LogP contribution in [0.3, 0.4) is 0 Å². The molecule has 1 heterocycles. The Balaban J connectivity index is 2.74. The average Bonchev–Trinajstić information content (AvgIpc) is 2.32. The molecule has 0 spiro atoms. The normalized spacial score (nSPS) is 10.7. The number of hydrogen-bond acceptors (Lipinski definition) is 2. The zero-order valence-corrected chi connectivity index (χ0v) is 11.5. The Morgan fingerprint density at radius 3 is 2.17 bits per heavy atom. The predicted molar refractivity (Wildman–Crippen MR) is 74.0 cm³/mol. The molecule has 0 atom stereocenters. The standard InChI is InChI=1S/C15H18N2O/c1-8-6-10(3)13(7-9(8)2)14-11(4)12(5)15(18)17-16-14/h6-7H,1-5H3,(H,17,18). The summed E-state index contributed by atoms with van der Waals surface area (Å²) in [6.07, 6.45) is 0. The molecule has 0 aliphatic carbocycles. The van der Waals surface area contributed by atoms with Gasteiger partial charge in [0.25, 0.3) is 5.56 Å². The lowest BCUT2D eigenvalue weighted by Crippen LogP contribution is -2.14. The lowest BCUT2D eigenvalue weighted by Gasteiger charge is -2.12. The third-order valence-corrected chi connectivity index (χ3v) is 3.62. The van der Waals surface area contributed by atoms with Gasteiger partial charge < -0.3 is 0 Å². The summed E-state index contributed by atoms with van der Waals surface area (Å²) >= 11 is 0. The van der Waals surface area contributed by atoms with Crippen molar-refractivity contribution in [2.75, 3.05) is 0 Å². The van der Waals surface area contributed by atoms with Crippen LogP contribution in [0.15, 0.2) is 16.9 Å². The van der Waals surface area contributed by atoms with Crippen molar-refractivity contribution in [2.45, 2.75) is 34.6 Å². The quantitative estimate of drug-likeness (QED) is 0.835. The number of benzene rings is 1. The van der Waals surface area contributed by atoms with Crippen LogP contribution in [0.2, 0.25) is 0 Å². The van der Waals surface area contributed by atoms with E-state index in [0.29, 0.717) is 0 Å². The Kier molecular flexibility index (Phi) is 3.07. The molecule has 1 aromatic heterocycles. The number of aromatic amines is 1. The molecule has 3 heteroatoms. The highest BCUT2D eigenvalue weighted by Gasteiger charge is 2.12. The lowest BCUT2D eigenvalue weighted by molar-refractivity contribution is 0.957. The zero-order chi connectivity index (χ0) is 13.4. The van der Waals surface area contributed by atoms with Gasteiger partial charge in [0.05, 0.1) is 5.69 Å². The molecule has 2 rings (SSSR count). The third-order valence-electron chi connectivity index (χ3n) is 3.62. The van der Waals surface area contributed by atoms with Gasteiger partial charge in [0.2, 0.25) is 0 Å². The molecule has 0 saturated heterocycles. The molecule has 3 nitrogen and oxygen atoms in total. The van der Waals surface area contributed by atoms with Crippen molar-refractivity contribution >= 4 is 0 Å². The number of H-pyrrole nitrogens is 1. The number of hydrogen-bond donors (Lipinski definition) is 1. The van der Waals surface area contributed by atoms with E-state index in [1.807, 2.05) is 13.8 Å². The summed E-state index contributed by atoms with van der Waals surface area (Å²) in [5.41, 5.74) is 7.22. The van der Waals surface area contributed by atoms with E-state index < -0.39 is 0 Å². The number of nitrogens with one attached hydrogen (secondary N) is 1. The van der Waals surface area contributed by atoms with Crippen molar-refractivity contribution in [1.82, 2.24) is 10.2 Å². The van der Waals surface area contributed by atoms with E-state index in [1.54, 1.807) is 0 Å². The second-order valence-corrected chi connectivity index (χ2v) is 4.90. The molecule has 94 valence electrons. The molecule has 0 amide bonds.